The van der Waals surface area contributed by atoms with E-state index in [0.29, 0.717) is 16.7 Å². The number of benzene rings is 2. The van der Waals surface area contributed by atoms with E-state index < -0.39 is 9.84 Å². The van der Waals surface area contributed by atoms with Gasteiger partial charge >= 0.3 is 0 Å². The summed E-state index contributed by atoms with van der Waals surface area (Å²) in [7, 11) is -3.20. The van der Waals surface area contributed by atoms with Gasteiger partial charge in [0.05, 0.1) is 11.0 Å². The number of hydrogen-bond donors (Lipinski definition) is 0. The van der Waals surface area contributed by atoms with Crippen LogP contribution >= 0.6 is 0 Å². The molecule has 1 aromatic heterocycles. The Hall–Kier alpha value is -3.19. The number of hydrogen-bond acceptors (Lipinski definition) is 6. The monoisotopic (exact) mass is 489 g/mol. The molecule has 2 aromatic carbocycles. The van der Waals surface area contributed by atoms with Crippen molar-refractivity contribution in [3.05, 3.63) is 79.1 Å². The topological polar surface area (TPSA) is 72.4 Å². The van der Waals surface area contributed by atoms with E-state index in [-0.39, 0.29) is 11.5 Å². The lowest BCUT2D eigenvalue weighted by atomic mass is 10.0. The Morgan fingerprint density at radius 1 is 1.11 bits per heavy atom. The van der Waals surface area contributed by atoms with Crippen LogP contribution in [0.15, 0.2) is 78.5 Å². The van der Waals surface area contributed by atoms with Gasteiger partial charge in [0.25, 0.3) is 0 Å². The van der Waals surface area contributed by atoms with Gasteiger partial charge in [-0.05, 0) is 60.2 Å². The molecule has 182 valence electrons. The van der Waals surface area contributed by atoms with Crippen molar-refractivity contribution in [3.8, 4) is 16.9 Å². The Morgan fingerprint density at radius 2 is 1.71 bits per heavy atom. The van der Waals surface area contributed by atoms with Crippen LogP contribution in [0.3, 0.4) is 0 Å². The third-order valence-corrected chi connectivity index (χ3v) is 8.71. The Bertz CT molecular complexity index is 1320. The van der Waals surface area contributed by atoms with Crippen molar-refractivity contribution in [2.24, 2.45) is 17.3 Å². The molecule has 1 unspecified atom stereocenters. The number of aryl methyl sites for hydroxylation is 1. The number of nitrogens with zero attached hydrogens (tertiary/aromatic N) is 3. The first-order valence-electron chi connectivity index (χ1n) is 12.0. The molecule has 0 radical (unpaired) electrons. The highest BCUT2D eigenvalue weighted by Gasteiger charge is 2.69. The Morgan fingerprint density at radius 3 is 2.23 bits per heavy atom. The lowest BCUT2D eigenvalue weighted by Crippen LogP contribution is -2.32. The zero-order chi connectivity index (χ0) is 24.8. The first kappa shape index (κ1) is 23.5. The zero-order valence-corrected chi connectivity index (χ0v) is 21.2. The fourth-order valence-electron chi connectivity index (χ4n) is 5.58. The van der Waals surface area contributed by atoms with E-state index in [1.54, 1.807) is 12.1 Å². The molecule has 1 aliphatic carbocycles. The summed E-state index contributed by atoms with van der Waals surface area (Å²) in [5, 5.41) is 0. The second-order valence-corrected chi connectivity index (χ2v) is 11.7. The number of sulfone groups is 1. The molecule has 2 aliphatic rings. The number of rotatable bonds is 8. The summed E-state index contributed by atoms with van der Waals surface area (Å²) in [6.07, 6.45) is 8.15. The Kier molecular flexibility index (Phi) is 5.91. The third kappa shape index (κ3) is 4.33. The molecule has 3 aromatic rings. The van der Waals surface area contributed by atoms with Crippen molar-refractivity contribution < 1.29 is 13.2 Å². The number of piperidine rings is 1. The maximum Gasteiger partial charge on any atom is 0.225 e. The molecule has 6 nitrogen and oxygen atoms in total. The van der Waals surface area contributed by atoms with Crippen LogP contribution in [0.1, 0.15) is 19.4 Å². The Labute approximate surface area is 207 Å². The average molecular weight is 490 g/mol. The minimum atomic E-state index is -3.20. The second kappa shape index (κ2) is 8.79. The molecule has 1 saturated carbocycles. The molecular formula is C28H31N3O3S. The summed E-state index contributed by atoms with van der Waals surface area (Å²) in [4.78, 5) is 11.7. The van der Waals surface area contributed by atoms with Crippen LogP contribution in [0.4, 0.5) is 5.95 Å². The first-order valence-corrected chi connectivity index (χ1v) is 13.9. The maximum absolute atomic E-state index is 11.7. The normalized spacial score (nSPS) is 24.0. The van der Waals surface area contributed by atoms with E-state index >= 15 is 0 Å². The highest BCUT2D eigenvalue weighted by atomic mass is 32.2. The summed E-state index contributed by atoms with van der Waals surface area (Å²) in [5.74, 6) is 2.52. The molecule has 0 N–H and O–H groups in total. The lowest BCUT2D eigenvalue weighted by Gasteiger charge is -2.25. The fourth-order valence-corrected chi connectivity index (χ4v) is 6.21. The Balaban J connectivity index is 1.23. The quantitative estimate of drug-likeness (QED) is 0.423. The average Bonchev–Trinajstić information content (AvgIpc) is 3.33. The van der Waals surface area contributed by atoms with Crippen LogP contribution < -0.4 is 9.64 Å². The van der Waals surface area contributed by atoms with Crippen LogP contribution in [0, 0.1) is 17.3 Å². The molecule has 0 amide bonds. The van der Waals surface area contributed by atoms with Gasteiger partial charge in [0.2, 0.25) is 5.95 Å². The fraction of sp³-hybridized carbons (Fsp3) is 0.357. The van der Waals surface area contributed by atoms with Gasteiger partial charge in [-0.2, -0.15) is 0 Å². The van der Waals surface area contributed by atoms with Crippen LogP contribution in [0.2, 0.25) is 0 Å². The summed E-state index contributed by atoms with van der Waals surface area (Å²) in [6.45, 7) is 10.2. The summed E-state index contributed by atoms with van der Waals surface area (Å²) >= 11 is 0. The van der Waals surface area contributed by atoms with Crippen LogP contribution in [0.5, 0.6) is 5.75 Å². The first-order chi connectivity index (χ1) is 16.7. The van der Waals surface area contributed by atoms with Crippen molar-refractivity contribution in [1.82, 2.24) is 9.97 Å². The van der Waals surface area contributed by atoms with Crippen molar-refractivity contribution in [2.45, 2.75) is 31.3 Å². The van der Waals surface area contributed by atoms with E-state index in [4.69, 9.17) is 4.74 Å². The van der Waals surface area contributed by atoms with Gasteiger partial charge < -0.3 is 9.64 Å². The smallest absolute Gasteiger partial charge is 0.225 e. The van der Waals surface area contributed by atoms with Crippen molar-refractivity contribution in [2.75, 3.05) is 24.2 Å². The minimum absolute atomic E-state index is 0.0352. The maximum atomic E-state index is 11.7. The van der Waals surface area contributed by atoms with Gasteiger partial charge in [0.15, 0.2) is 9.84 Å². The van der Waals surface area contributed by atoms with E-state index in [2.05, 4.69) is 41.4 Å². The highest BCUT2D eigenvalue weighted by Crippen LogP contribution is 2.66. The predicted molar refractivity (Wildman–Crippen MR) is 138 cm³/mol. The van der Waals surface area contributed by atoms with Crippen molar-refractivity contribution in [3.63, 3.8) is 0 Å². The molecule has 2 heterocycles. The van der Waals surface area contributed by atoms with Gasteiger partial charge in [-0.15, -0.1) is 6.58 Å². The second-order valence-electron chi connectivity index (χ2n) is 9.72. The summed E-state index contributed by atoms with van der Waals surface area (Å²) in [5.41, 5.74) is 3.16. The number of aromatic nitrogens is 2. The van der Waals surface area contributed by atoms with E-state index in [1.165, 1.54) is 6.26 Å². The molecule has 0 bridgehead atoms. The van der Waals surface area contributed by atoms with E-state index in [0.717, 1.165) is 47.9 Å². The van der Waals surface area contributed by atoms with Gasteiger partial charge in [-0.3, -0.25) is 0 Å². The zero-order valence-electron chi connectivity index (χ0n) is 20.4. The van der Waals surface area contributed by atoms with E-state index in [9.17, 15) is 8.42 Å². The standard InChI is InChI=1S/C28H31N3O3S/c1-5-20-15-29-27(30-16-20)31-17-25-26(28(25,6-2)18-31)19(3)34-23-11-7-21(8-12-23)22-9-13-24(14-10-22)35(4,32)33/h6-16,19,25-26H,2,5,17-18H2,1,3-4H3/t19-,25-,26-,28?/m1/s1. The molecule has 35 heavy (non-hydrogen) atoms. The largest absolute Gasteiger partial charge is 0.490 e. The van der Waals surface area contributed by atoms with Gasteiger partial charge in [-0.25, -0.2) is 18.4 Å². The van der Waals surface area contributed by atoms with Gasteiger partial charge in [0, 0.05) is 43.1 Å². The SMILES string of the molecule is C=CC12CN(c3ncc(CC)cn3)C[C@@H]1[C@H]2[C@@H](C)Oc1ccc(-c2ccc(S(C)(=O)=O)cc2)cc1. The van der Waals surface area contributed by atoms with Crippen molar-refractivity contribution >= 4 is 15.8 Å². The van der Waals surface area contributed by atoms with Crippen LogP contribution in [-0.2, 0) is 16.3 Å². The number of ether oxygens (including phenoxy) is 1. The molecule has 2 fully saturated rings. The molecule has 4 atom stereocenters. The van der Waals surface area contributed by atoms with Gasteiger partial charge in [0.1, 0.15) is 5.75 Å². The lowest BCUT2D eigenvalue weighted by molar-refractivity contribution is 0.177. The molecular weight excluding hydrogens is 458 g/mol. The molecule has 0 spiro atoms. The highest BCUT2D eigenvalue weighted by molar-refractivity contribution is 7.90. The molecule has 1 aliphatic heterocycles. The number of fused-ring (bicyclic) bond motifs is 1. The van der Waals surface area contributed by atoms with Crippen molar-refractivity contribution in [1.29, 1.82) is 0 Å². The molecule has 1 saturated heterocycles. The van der Waals surface area contributed by atoms with Gasteiger partial charge in [-0.1, -0.05) is 37.3 Å². The molecule has 5 rings (SSSR count). The predicted octanol–water partition coefficient (Wildman–Crippen LogP) is 4.82. The molecule has 7 heteroatoms. The number of anilines is 1. The summed E-state index contributed by atoms with van der Waals surface area (Å²) in [6, 6.07) is 14.9. The van der Waals surface area contributed by atoms with Crippen LogP contribution in [0.25, 0.3) is 11.1 Å². The minimum Gasteiger partial charge on any atom is -0.490 e. The summed E-state index contributed by atoms with van der Waals surface area (Å²) < 4.78 is 29.7. The van der Waals surface area contributed by atoms with Crippen LogP contribution in [-0.4, -0.2) is 43.8 Å². The van der Waals surface area contributed by atoms with E-state index in [1.807, 2.05) is 48.8 Å². The third-order valence-electron chi connectivity index (χ3n) is 7.58.